The Hall–Kier alpha value is -4.72. The highest BCUT2D eigenvalue weighted by Crippen LogP contribution is 2.46. The number of carbonyl (C=O) groups is 3. The van der Waals surface area contributed by atoms with E-state index in [0.717, 1.165) is 35.6 Å². The largest absolute Gasteiger partial charge is 0.497 e. The van der Waals surface area contributed by atoms with Gasteiger partial charge in [-0.05, 0) is 99.9 Å². The molecule has 2 aliphatic carbocycles. The monoisotopic (exact) mass is 773 g/mol. The van der Waals surface area contributed by atoms with Crippen LogP contribution in [-0.4, -0.2) is 83.7 Å². The number of aromatic nitrogens is 2. The Bertz CT molecular complexity index is 2090. The van der Waals surface area contributed by atoms with E-state index in [-0.39, 0.29) is 49.7 Å². The fraction of sp³-hybridized carbons (Fsp3) is 0.537. The lowest BCUT2D eigenvalue weighted by atomic mass is 9.91. The maximum atomic E-state index is 14.3. The first-order chi connectivity index (χ1) is 26.2. The van der Waals surface area contributed by atoms with Gasteiger partial charge < -0.3 is 24.4 Å². The molecule has 0 bridgehead atoms. The highest BCUT2D eigenvalue weighted by atomic mass is 32.2. The van der Waals surface area contributed by atoms with Gasteiger partial charge in [-0.15, -0.1) is 0 Å². The topological polar surface area (TPSA) is 166 Å². The molecular formula is C41H51N5O8S. The SMILES string of the molecule is COc1ccc2c(OC3CC4C(=O)NC5(C(=O)NS(=O)(=O)C6CC6)CC5C=CCCC(C)CC(C)CC(=O)N4C3)nc(-c3ccc(OC(C)C)nc3)cc2c1. The number of fused-ring (bicyclic) bond motifs is 3. The van der Waals surface area contributed by atoms with Gasteiger partial charge in [0.15, 0.2) is 0 Å². The van der Waals surface area contributed by atoms with Crippen LogP contribution in [0.2, 0.25) is 0 Å². The summed E-state index contributed by atoms with van der Waals surface area (Å²) in [7, 11) is -2.25. The standard InChI is InChI=1S/C41H51N5O8S/c1-24(2)53-36-15-10-27(22-42-36)34-19-28-18-30(52-5)11-14-33(28)39(43-34)54-31-20-35-38(48)44-41(40(49)45-55(50,51)32-12-13-32)21-29(41)9-7-6-8-25(3)16-26(4)17-37(47)46(35)23-31/h7,9-11,14-15,18-19,22,24-26,29,31-32,35H,6,8,12-13,16-17,20-21,23H2,1-5H3,(H,44,48)(H,45,49). The Morgan fingerprint density at radius 2 is 1.85 bits per heavy atom. The third-order valence-electron chi connectivity index (χ3n) is 11.0. The molecule has 1 saturated heterocycles. The number of nitrogens with one attached hydrogen (secondary N) is 2. The summed E-state index contributed by atoms with van der Waals surface area (Å²) in [5, 5.41) is 3.88. The van der Waals surface area contributed by atoms with Gasteiger partial charge in [-0.3, -0.25) is 19.1 Å². The van der Waals surface area contributed by atoms with Crippen LogP contribution >= 0.6 is 0 Å². The van der Waals surface area contributed by atoms with Crippen molar-refractivity contribution in [1.82, 2.24) is 24.9 Å². The molecule has 55 heavy (non-hydrogen) atoms. The van der Waals surface area contributed by atoms with E-state index < -0.39 is 44.8 Å². The van der Waals surface area contributed by atoms with E-state index in [1.165, 1.54) is 0 Å². The molecule has 6 atom stereocenters. The van der Waals surface area contributed by atoms with E-state index in [1.807, 2.05) is 56.3 Å². The average Bonchev–Trinajstić information content (AvgIpc) is 4.06. The van der Waals surface area contributed by atoms with Crippen LogP contribution in [0, 0.1) is 17.8 Å². The molecule has 4 heterocycles. The third kappa shape index (κ3) is 8.58. The zero-order valence-corrected chi connectivity index (χ0v) is 32.9. The zero-order valence-electron chi connectivity index (χ0n) is 32.1. The number of hydrogen-bond donors (Lipinski definition) is 2. The number of nitrogens with zero attached hydrogens (tertiary/aromatic N) is 3. The number of allylic oxidation sites excluding steroid dienone is 1. The van der Waals surface area contributed by atoms with Gasteiger partial charge in [0.2, 0.25) is 33.6 Å². The van der Waals surface area contributed by atoms with E-state index in [1.54, 1.807) is 24.3 Å². The van der Waals surface area contributed by atoms with Crippen molar-refractivity contribution in [3.05, 3.63) is 54.7 Å². The summed E-state index contributed by atoms with van der Waals surface area (Å²) < 4.78 is 45.8. The maximum Gasteiger partial charge on any atom is 0.259 e. The summed E-state index contributed by atoms with van der Waals surface area (Å²) in [6.07, 6.45) is 9.19. The lowest BCUT2D eigenvalue weighted by Gasteiger charge is -2.27. The smallest absolute Gasteiger partial charge is 0.259 e. The van der Waals surface area contributed by atoms with E-state index in [4.69, 9.17) is 19.2 Å². The lowest BCUT2D eigenvalue weighted by molar-refractivity contribution is -0.140. The number of pyridine rings is 2. The zero-order chi connectivity index (χ0) is 39.1. The predicted octanol–water partition coefficient (Wildman–Crippen LogP) is 5.33. The highest BCUT2D eigenvalue weighted by Gasteiger charge is 2.62. The molecular weight excluding hydrogens is 723 g/mol. The molecule has 0 radical (unpaired) electrons. The van der Waals surface area contributed by atoms with Gasteiger partial charge in [0.1, 0.15) is 23.4 Å². The second-order valence-corrected chi connectivity index (χ2v) is 18.1. The van der Waals surface area contributed by atoms with E-state index in [2.05, 4.69) is 28.9 Å². The predicted molar refractivity (Wildman–Crippen MR) is 207 cm³/mol. The number of hydrogen-bond acceptors (Lipinski definition) is 10. The number of ether oxygens (including phenoxy) is 3. The van der Waals surface area contributed by atoms with Gasteiger partial charge in [-0.1, -0.05) is 26.0 Å². The quantitative estimate of drug-likeness (QED) is 0.272. The Kier molecular flexibility index (Phi) is 10.8. The maximum absolute atomic E-state index is 14.3. The number of carbonyl (C=O) groups excluding carboxylic acids is 3. The molecule has 13 nitrogen and oxygen atoms in total. The fourth-order valence-corrected chi connectivity index (χ4v) is 9.25. The van der Waals surface area contributed by atoms with Crippen LogP contribution in [0.3, 0.4) is 0 Å². The molecule has 3 fully saturated rings. The van der Waals surface area contributed by atoms with Gasteiger partial charge in [0, 0.05) is 42.0 Å². The van der Waals surface area contributed by atoms with Crippen molar-refractivity contribution in [2.24, 2.45) is 17.8 Å². The minimum atomic E-state index is -3.85. The molecule has 1 aromatic carbocycles. The minimum absolute atomic E-state index is 0.0281. The van der Waals surface area contributed by atoms with Crippen LogP contribution in [-0.2, 0) is 24.4 Å². The number of amides is 3. The number of methoxy groups -OCH3 is 1. The molecule has 2 N–H and O–H groups in total. The molecule has 294 valence electrons. The van der Waals surface area contributed by atoms with Gasteiger partial charge in [-0.2, -0.15) is 0 Å². The Morgan fingerprint density at radius 1 is 1.05 bits per heavy atom. The summed E-state index contributed by atoms with van der Waals surface area (Å²) >= 11 is 0. The van der Waals surface area contributed by atoms with Crippen molar-refractivity contribution in [3.63, 3.8) is 0 Å². The van der Waals surface area contributed by atoms with Gasteiger partial charge in [0.25, 0.3) is 5.91 Å². The van der Waals surface area contributed by atoms with Crippen LogP contribution in [0.25, 0.3) is 22.0 Å². The van der Waals surface area contributed by atoms with Gasteiger partial charge >= 0.3 is 0 Å². The van der Waals surface area contributed by atoms with Crippen molar-refractivity contribution in [2.75, 3.05) is 13.7 Å². The Labute approximate surface area is 322 Å². The summed E-state index contributed by atoms with van der Waals surface area (Å²) in [5.41, 5.74) is -0.0919. The van der Waals surface area contributed by atoms with Gasteiger partial charge in [0.05, 0.1) is 30.7 Å². The molecule has 14 heteroatoms. The van der Waals surface area contributed by atoms with Gasteiger partial charge in [-0.25, -0.2) is 18.4 Å². The second kappa shape index (κ2) is 15.4. The first kappa shape index (κ1) is 38.6. The third-order valence-corrected chi connectivity index (χ3v) is 12.9. The average molecular weight is 774 g/mol. The van der Waals surface area contributed by atoms with Crippen LogP contribution < -0.4 is 24.2 Å². The normalized spacial score (nSPS) is 27.4. The molecule has 3 amide bonds. The molecule has 2 saturated carbocycles. The van der Waals surface area contributed by atoms with Crippen molar-refractivity contribution in [1.29, 1.82) is 0 Å². The lowest BCUT2D eigenvalue weighted by Crippen LogP contribution is -2.56. The van der Waals surface area contributed by atoms with Crippen LogP contribution in [0.15, 0.2) is 54.7 Å². The van der Waals surface area contributed by atoms with E-state index in [0.29, 0.717) is 42.0 Å². The number of sulfonamides is 1. The molecule has 0 spiro atoms. The van der Waals surface area contributed by atoms with Crippen molar-refractivity contribution < 1.29 is 37.0 Å². The highest BCUT2D eigenvalue weighted by molar-refractivity contribution is 7.91. The summed E-state index contributed by atoms with van der Waals surface area (Å²) in [6.45, 7) is 8.22. The number of rotatable bonds is 9. The molecule has 2 aromatic heterocycles. The summed E-state index contributed by atoms with van der Waals surface area (Å²) in [5.74, 6) is 0.119. The summed E-state index contributed by atoms with van der Waals surface area (Å²) in [6, 6.07) is 10.2. The van der Waals surface area contributed by atoms with Crippen LogP contribution in [0.5, 0.6) is 17.5 Å². The Balaban J connectivity index is 1.19. The van der Waals surface area contributed by atoms with Crippen molar-refractivity contribution >= 4 is 38.5 Å². The molecule has 4 aliphatic rings. The van der Waals surface area contributed by atoms with Crippen LogP contribution in [0.1, 0.15) is 79.1 Å². The minimum Gasteiger partial charge on any atom is -0.497 e. The molecule has 3 aromatic rings. The van der Waals surface area contributed by atoms with Crippen molar-refractivity contribution in [2.45, 2.75) is 108 Å². The Morgan fingerprint density at radius 3 is 2.56 bits per heavy atom. The van der Waals surface area contributed by atoms with E-state index in [9.17, 15) is 22.8 Å². The molecule has 7 rings (SSSR count). The molecule has 6 unspecified atom stereocenters. The van der Waals surface area contributed by atoms with Crippen molar-refractivity contribution in [3.8, 4) is 28.8 Å². The first-order valence-electron chi connectivity index (χ1n) is 19.4. The summed E-state index contributed by atoms with van der Waals surface area (Å²) in [4.78, 5) is 53.0. The molecule has 2 aliphatic heterocycles. The van der Waals surface area contributed by atoms with E-state index >= 15 is 0 Å². The number of benzene rings is 1. The second-order valence-electron chi connectivity index (χ2n) is 16.1. The first-order valence-corrected chi connectivity index (χ1v) is 20.9. The fourth-order valence-electron chi connectivity index (χ4n) is 7.89. The van der Waals surface area contributed by atoms with Crippen LogP contribution in [0.4, 0.5) is 0 Å².